The van der Waals surface area contributed by atoms with Gasteiger partial charge in [-0.25, -0.2) is 4.98 Å². The number of rotatable bonds is 5. The van der Waals surface area contributed by atoms with Crippen LogP contribution in [-0.4, -0.2) is 15.9 Å². The maximum atomic E-state index is 11.1. The number of nitrogens with two attached hydrogens (primary N) is 2. The minimum Gasteiger partial charge on any atom is -0.366 e. The number of primary amides is 1. The third-order valence-corrected chi connectivity index (χ3v) is 3.71. The molecule has 1 atom stereocenters. The molecule has 2 aromatic carbocycles. The summed E-state index contributed by atoms with van der Waals surface area (Å²) in [5.41, 5.74) is 14.8. The SMILES string of the molecule is NC(=O)c1ccc(-c2c[nH]c(C(N)Cc3ccccc3)n2)cc1. The summed E-state index contributed by atoms with van der Waals surface area (Å²) in [7, 11) is 0. The Morgan fingerprint density at radius 1 is 1.09 bits per heavy atom. The van der Waals surface area contributed by atoms with E-state index in [-0.39, 0.29) is 6.04 Å². The second kappa shape index (κ2) is 6.46. The molecule has 5 N–H and O–H groups in total. The van der Waals surface area contributed by atoms with Gasteiger partial charge in [0.25, 0.3) is 0 Å². The number of nitrogens with one attached hydrogen (secondary N) is 1. The van der Waals surface area contributed by atoms with Gasteiger partial charge in [0.15, 0.2) is 0 Å². The summed E-state index contributed by atoms with van der Waals surface area (Å²) in [5, 5.41) is 0. The summed E-state index contributed by atoms with van der Waals surface area (Å²) >= 11 is 0. The molecule has 1 unspecified atom stereocenters. The van der Waals surface area contributed by atoms with Crippen molar-refractivity contribution in [1.82, 2.24) is 9.97 Å². The van der Waals surface area contributed by atoms with Crippen LogP contribution in [0.4, 0.5) is 0 Å². The van der Waals surface area contributed by atoms with Crippen molar-refractivity contribution in [2.75, 3.05) is 0 Å². The molecular weight excluding hydrogens is 288 g/mol. The van der Waals surface area contributed by atoms with Crippen molar-refractivity contribution in [3.05, 3.63) is 77.7 Å². The quantitative estimate of drug-likeness (QED) is 0.675. The van der Waals surface area contributed by atoms with Gasteiger partial charge in [0.05, 0.1) is 11.7 Å². The lowest BCUT2D eigenvalue weighted by atomic mass is 10.1. The molecule has 5 nitrogen and oxygen atoms in total. The highest BCUT2D eigenvalue weighted by Gasteiger charge is 2.12. The van der Waals surface area contributed by atoms with Crippen LogP contribution in [0.1, 0.15) is 27.8 Å². The normalized spacial score (nSPS) is 12.0. The van der Waals surface area contributed by atoms with E-state index in [1.807, 2.05) is 48.7 Å². The van der Waals surface area contributed by atoms with Crippen LogP contribution < -0.4 is 11.5 Å². The number of carbonyl (C=O) groups excluding carboxylic acids is 1. The van der Waals surface area contributed by atoms with Crippen molar-refractivity contribution in [2.24, 2.45) is 11.5 Å². The summed E-state index contributed by atoms with van der Waals surface area (Å²) in [5.74, 6) is 0.298. The number of imidazole rings is 1. The highest BCUT2D eigenvalue weighted by Crippen LogP contribution is 2.20. The number of aromatic nitrogens is 2. The molecule has 0 fully saturated rings. The van der Waals surface area contributed by atoms with Gasteiger partial charge in [0, 0.05) is 17.3 Å². The van der Waals surface area contributed by atoms with Gasteiger partial charge in [-0.15, -0.1) is 0 Å². The van der Waals surface area contributed by atoms with E-state index >= 15 is 0 Å². The van der Waals surface area contributed by atoms with Gasteiger partial charge in [-0.1, -0.05) is 42.5 Å². The van der Waals surface area contributed by atoms with Crippen molar-refractivity contribution in [1.29, 1.82) is 0 Å². The summed E-state index contributed by atoms with van der Waals surface area (Å²) in [6.45, 7) is 0. The third kappa shape index (κ3) is 3.46. The van der Waals surface area contributed by atoms with Crippen molar-refractivity contribution < 1.29 is 4.79 Å². The van der Waals surface area contributed by atoms with E-state index in [1.54, 1.807) is 12.1 Å². The first-order chi connectivity index (χ1) is 11.1. The van der Waals surface area contributed by atoms with Crippen LogP contribution in [0.15, 0.2) is 60.8 Å². The van der Waals surface area contributed by atoms with Crippen molar-refractivity contribution in [2.45, 2.75) is 12.5 Å². The number of benzene rings is 2. The lowest BCUT2D eigenvalue weighted by Crippen LogP contribution is -2.14. The van der Waals surface area contributed by atoms with Crippen LogP contribution >= 0.6 is 0 Å². The molecule has 1 heterocycles. The fourth-order valence-corrected chi connectivity index (χ4v) is 2.44. The molecule has 3 rings (SSSR count). The molecule has 0 aliphatic carbocycles. The number of nitrogens with zero attached hydrogens (tertiary/aromatic N) is 1. The third-order valence-electron chi connectivity index (χ3n) is 3.71. The largest absolute Gasteiger partial charge is 0.366 e. The number of amides is 1. The van der Waals surface area contributed by atoms with Gasteiger partial charge in [0.2, 0.25) is 5.91 Å². The Balaban J connectivity index is 1.76. The smallest absolute Gasteiger partial charge is 0.248 e. The predicted molar refractivity (Wildman–Crippen MR) is 89.6 cm³/mol. The minimum absolute atomic E-state index is 0.198. The van der Waals surface area contributed by atoms with E-state index in [0.717, 1.165) is 17.1 Å². The molecule has 1 aromatic heterocycles. The predicted octanol–water partition coefficient (Wildman–Crippen LogP) is 2.42. The number of hydrogen-bond donors (Lipinski definition) is 3. The molecule has 3 aromatic rings. The topological polar surface area (TPSA) is 97.8 Å². The number of hydrogen-bond acceptors (Lipinski definition) is 3. The Kier molecular flexibility index (Phi) is 4.21. The molecule has 0 spiro atoms. The number of H-pyrrole nitrogens is 1. The van der Waals surface area contributed by atoms with Crippen LogP contribution in [0.5, 0.6) is 0 Å². The average molecular weight is 306 g/mol. The fraction of sp³-hybridized carbons (Fsp3) is 0.111. The first kappa shape index (κ1) is 15.0. The number of carbonyl (C=O) groups is 1. The van der Waals surface area contributed by atoms with E-state index < -0.39 is 5.91 Å². The second-order valence-corrected chi connectivity index (χ2v) is 5.41. The van der Waals surface area contributed by atoms with Gasteiger partial charge < -0.3 is 16.5 Å². The standard InChI is InChI=1S/C18H18N4O/c19-15(10-12-4-2-1-3-5-12)18-21-11-16(22-18)13-6-8-14(9-7-13)17(20)23/h1-9,11,15H,10,19H2,(H2,20,23)(H,21,22). The van der Waals surface area contributed by atoms with E-state index in [4.69, 9.17) is 11.5 Å². The minimum atomic E-state index is -0.441. The zero-order chi connectivity index (χ0) is 16.2. The van der Waals surface area contributed by atoms with Gasteiger partial charge >= 0.3 is 0 Å². The molecule has 0 radical (unpaired) electrons. The molecule has 0 bridgehead atoms. The first-order valence-electron chi connectivity index (χ1n) is 7.38. The van der Waals surface area contributed by atoms with Crippen LogP contribution in [0, 0.1) is 0 Å². The van der Waals surface area contributed by atoms with E-state index in [0.29, 0.717) is 12.0 Å². The molecule has 5 heteroatoms. The maximum absolute atomic E-state index is 11.1. The van der Waals surface area contributed by atoms with Crippen molar-refractivity contribution in [3.8, 4) is 11.3 Å². The first-order valence-corrected chi connectivity index (χ1v) is 7.38. The molecule has 0 aliphatic rings. The highest BCUT2D eigenvalue weighted by atomic mass is 16.1. The monoisotopic (exact) mass is 306 g/mol. The molecule has 23 heavy (non-hydrogen) atoms. The Labute approximate surface area is 134 Å². The van der Waals surface area contributed by atoms with Crippen LogP contribution in [0.2, 0.25) is 0 Å². The van der Waals surface area contributed by atoms with Crippen LogP contribution in [0.3, 0.4) is 0 Å². The number of aromatic amines is 1. The molecule has 116 valence electrons. The molecular formula is C18H18N4O. The Bertz CT molecular complexity index is 793. The van der Waals surface area contributed by atoms with Gasteiger partial charge in [-0.05, 0) is 24.1 Å². The highest BCUT2D eigenvalue weighted by molar-refractivity contribution is 5.93. The summed E-state index contributed by atoms with van der Waals surface area (Å²) in [6.07, 6.45) is 2.54. The average Bonchev–Trinajstić information content (AvgIpc) is 3.06. The lowest BCUT2D eigenvalue weighted by Gasteiger charge is -2.08. The molecule has 0 aliphatic heterocycles. The van der Waals surface area contributed by atoms with Crippen molar-refractivity contribution in [3.63, 3.8) is 0 Å². The zero-order valence-corrected chi connectivity index (χ0v) is 12.6. The summed E-state index contributed by atoms with van der Waals surface area (Å²) in [4.78, 5) is 18.8. The second-order valence-electron chi connectivity index (χ2n) is 5.41. The molecule has 1 amide bonds. The Hall–Kier alpha value is -2.92. The van der Waals surface area contributed by atoms with E-state index in [1.165, 1.54) is 5.56 Å². The Morgan fingerprint density at radius 2 is 1.78 bits per heavy atom. The fourth-order valence-electron chi connectivity index (χ4n) is 2.44. The lowest BCUT2D eigenvalue weighted by molar-refractivity contribution is 0.100. The van der Waals surface area contributed by atoms with E-state index in [9.17, 15) is 4.79 Å². The maximum Gasteiger partial charge on any atom is 0.248 e. The van der Waals surface area contributed by atoms with Crippen LogP contribution in [-0.2, 0) is 6.42 Å². The molecule has 0 saturated carbocycles. The van der Waals surface area contributed by atoms with Crippen molar-refractivity contribution >= 4 is 5.91 Å². The van der Waals surface area contributed by atoms with Gasteiger partial charge in [-0.3, -0.25) is 4.79 Å². The zero-order valence-electron chi connectivity index (χ0n) is 12.6. The Morgan fingerprint density at radius 3 is 2.43 bits per heavy atom. The summed E-state index contributed by atoms with van der Waals surface area (Å²) in [6, 6.07) is 16.9. The van der Waals surface area contributed by atoms with E-state index in [2.05, 4.69) is 9.97 Å². The van der Waals surface area contributed by atoms with Crippen LogP contribution in [0.25, 0.3) is 11.3 Å². The summed E-state index contributed by atoms with van der Waals surface area (Å²) < 4.78 is 0. The van der Waals surface area contributed by atoms with Gasteiger partial charge in [0.1, 0.15) is 5.82 Å². The van der Waals surface area contributed by atoms with Gasteiger partial charge in [-0.2, -0.15) is 0 Å². The molecule has 0 saturated heterocycles.